The van der Waals surface area contributed by atoms with E-state index in [9.17, 15) is 14.9 Å². The number of nitrogens with one attached hydrogen (secondary N) is 2. The molecule has 4 rings (SSSR count). The van der Waals surface area contributed by atoms with Gasteiger partial charge in [-0.3, -0.25) is 9.59 Å². The van der Waals surface area contributed by atoms with E-state index < -0.39 is 5.91 Å². The third-order valence-corrected chi connectivity index (χ3v) is 5.64. The van der Waals surface area contributed by atoms with Gasteiger partial charge < -0.3 is 15.4 Å². The Morgan fingerprint density at radius 2 is 1.66 bits per heavy atom. The maximum Gasteiger partial charge on any atom is 0.264 e. The number of nitriles is 1. The summed E-state index contributed by atoms with van der Waals surface area (Å²) in [5.41, 5.74) is 3.98. The maximum atomic E-state index is 12.9. The van der Waals surface area contributed by atoms with E-state index in [2.05, 4.69) is 15.6 Å². The van der Waals surface area contributed by atoms with Gasteiger partial charge in [0.05, 0.1) is 12.8 Å². The van der Waals surface area contributed by atoms with Gasteiger partial charge >= 0.3 is 0 Å². The number of carbonyl (C=O) groups excluding carboxylic acids is 2. The zero-order chi connectivity index (χ0) is 24.8. The van der Waals surface area contributed by atoms with E-state index in [4.69, 9.17) is 4.74 Å². The number of fused-ring (bicyclic) bond motifs is 1. The van der Waals surface area contributed by atoms with E-state index in [0.29, 0.717) is 35.5 Å². The summed E-state index contributed by atoms with van der Waals surface area (Å²) in [6.07, 6.45) is 0.599. The Balaban J connectivity index is 1.53. The van der Waals surface area contributed by atoms with Crippen molar-refractivity contribution in [3.8, 4) is 11.8 Å². The molecule has 0 spiro atoms. The lowest BCUT2D eigenvalue weighted by Gasteiger charge is -2.07. The van der Waals surface area contributed by atoms with Crippen molar-refractivity contribution in [3.63, 3.8) is 0 Å². The fourth-order valence-electron chi connectivity index (χ4n) is 3.71. The van der Waals surface area contributed by atoms with Crippen LogP contribution in [0, 0.1) is 18.3 Å². The van der Waals surface area contributed by atoms with Crippen LogP contribution in [0.4, 0.5) is 0 Å². The van der Waals surface area contributed by atoms with Crippen LogP contribution in [0.5, 0.6) is 5.75 Å². The fraction of sp³-hybridized carbons (Fsp3) is 0.143. The minimum absolute atomic E-state index is 0.105. The van der Waals surface area contributed by atoms with Crippen LogP contribution in [0.3, 0.4) is 0 Å². The first kappa shape index (κ1) is 23.5. The van der Waals surface area contributed by atoms with Gasteiger partial charge in [-0.15, -0.1) is 0 Å². The summed E-state index contributed by atoms with van der Waals surface area (Å²) in [4.78, 5) is 30.1. The highest BCUT2D eigenvalue weighted by molar-refractivity contribution is 6.20. The minimum atomic E-state index is -0.513. The van der Waals surface area contributed by atoms with E-state index in [1.807, 2.05) is 55.5 Å². The molecule has 2 N–H and O–H groups in total. The molecule has 0 saturated carbocycles. The normalized spacial score (nSPS) is 13.2. The number of hydrogen-bond donors (Lipinski definition) is 2. The zero-order valence-electron chi connectivity index (χ0n) is 19.5. The molecule has 2 amide bonds. The minimum Gasteiger partial charge on any atom is -0.497 e. The summed E-state index contributed by atoms with van der Waals surface area (Å²) in [5.74, 6) is 0.236. The zero-order valence-corrected chi connectivity index (χ0v) is 19.5. The molecular formula is C28H24N4O3. The third kappa shape index (κ3) is 5.28. The largest absolute Gasteiger partial charge is 0.497 e. The molecule has 7 nitrogen and oxygen atoms in total. The number of methoxy groups -OCH3 is 1. The van der Waals surface area contributed by atoms with Crippen LogP contribution in [0.25, 0.3) is 5.70 Å². The van der Waals surface area contributed by atoms with E-state index in [-0.39, 0.29) is 17.2 Å². The number of amidine groups is 1. The Morgan fingerprint density at radius 1 is 0.971 bits per heavy atom. The monoisotopic (exact) mass is 464 g/mol. The molecule has 1 aliphatic heterocycles. The van der Waals surface area contributed by atoms with E-state index in [1.165, 1.54) is 0 Å². The summed E-state index contributed by atoms with van der Waals surface area (Å²) < 4.78 is 5.16. The van der Waals surface area contributed by atoms with Crippen LogP contribution >= 0.6 is 0 Å². The Hall–Kier alpha value is -4.70. The summed E-state index contributed by atoms with van der Waals surface area (Å²) in [6, 6.07) is 23.9. The highest BCUT2D eigenvalue weighted by Gasteiger charge is 2.27. The van der Waals surface area contributed by atoms with E-state index >= 15 is 0 Å². The number of rotatable bonds is 6. The van der Waals surface area contributed by atoms with Gasteiger partial charge in [0.25, 0.3) is 11.8 Å². The topological polar surface area (TPSA) is 104 Å². The van der Waals surface area contributed by atoms with Crippen molar-refractivity contribution in [2.75, 3.05) is 13.7 Å². The van der Waals surface area contributed by atoms with Crippen molar-refractivity contribution in [1.82, 2.24) is 10.6 Å². The fourth-order valence-corrected chi connectivity index (χ4v) is 3.71. The maximum absolute atomic E-state index is 12.9. The number of benzene rings is 3. The van der Waals surface area contributed by atoms with Crippen molar-refractivity contribution in [3.05, 3.63) is 106 Å². The van der Waals surface area contributed by atoms with Crippen LogP contribution < -0.4 is 15.4 Å². The molecule has 0 unspecified atom stereocenters. The molecule has 0 bridgehead atoms. The first-order valence-corrected chi connectivity index (χ1v) is 11.1. The second-order valence-corrected chi connectivity index (χ2v) is 8.02. The average molecular weight is 465 g/mol. The number of aliphatic imine (C=N–C) groups is 1. The molecule has 0 fully saturated rings. The number of ether oxygens (including phenoxy) is 1. The molecule has 0 aromatic heterocycles. The number of carbonyl (C=O) groups is 2. The van der Waals surface area contributed by atoms with Crippen molar-refractivity contribution in [2.45, 2.75) is 13.3 Å². The Kier molecular flexibility index (Phi) is 7.03. The van der Waals surface area contributed by atoms with Crippen molar-refractivity contribution in [1.29, 1.82) is 5.26 Å². The SMILES string of the molecule is COc1ccc(CCNC(=O)/C(C#N)=C2\N=C(NC(=O)c3ccc(C)cc3)c3ccccc32)cc1. The standard InChI is InChI=1S/C28H24N4O3/c1-18-7-11-20(12-8-18)27(33)32-26-23-6-4-3-5-22(23)25(31-26)24(17-29)28(34)30-16-15-19-9-13-21(35-2)14-10-19/h3-14H,15-16H2,1-2H3,(H,30,34)(H,31,32,33)/b25-24-. The average Bonchev–Trinajstić information content (AvgIpc) is 3.23. The molecule has 35 heavy (non-hydrogen) atoms. The van der Waals surface area contributed by atoms with E-state index in [0.717, 1.165) is 16.9 Å². The van der Waals surface area contributed by atoms with Crippen LogP contribution in [0.15, 0.2) is 83.4 Å². The number of nitrogens with zero attached hydrogens (tertiary/aromatic N) is 2. The molecule has 3 aromatic rings. The summed E-state index contributed by atoms with van der Waals surface area (Å²) in [5, 5.41) is 15.4. The quantitative estimate of drug-likeness (QED) is 0.428. The molecule has 0 atom stereocenters. The van der Waals surface area contributed by atoms with Crippen LogP contribution in [0.2, 0.25) is 0 Å². The summed E-state index contributed by atoms with van der Waals surface area (Å²) in [6.45, 7) is 2.30. The summed E-state index contributed by atoms with van der Waals surface area (Å²) >= 11 is 0. The molecule has 7 heteroatoms. The molecule has 1 aliphatic rings. The first-order valence-electron chi connectivity index (χ1n) is 11.1. The lowest BCUT2D eigenvalue weighted by Crippen LogP contribution is -2.30. The third-order valence-electron chi connectivity index (χ3n) is 5.64. The van der Waals surface area contributed by atoms with Crippen LogP contribution in [0.1, 0.15) is 32.6 Å². The Morgan fingerprint density at radius 3 is 2.31 bits per heavy atom. The number of aryl methyl sites for hydroxylation is 1. The lowest BCUT2D eigenvalue weighted by atomic mass is 10.0. The summed E-state index contributed by atoms with van der Waals surface area (Å²) in [7, 11) is 1.61. The highest BCUT2D eigenvalue weighted by atomic mass is 16.5. The molecular weight excluding hydrogens is 440 g/mol. The van der Waals surface area contributed by atoms with Crippen LogP contribution in [-0.4, -0.2) is 31.3 Å². The Labute approximate surface area is 203 Å². The van der Waals surface area contributed by atoms with Gasteiger partial charge in [-0.25, -0.2) is 4.99 Å². The van der Waals surface area contributed by atoms with Gasteiger partial charge in [-0.1, -0.05) is 54.1 Å². The first-order chi connectivity index (χ1) is 17.0. The highest BCUT2D eigenvalue weighted by Crippen LogP contribution is 2.30. The van der Waals surface area contributed by atoms with Gasteiger partial charge in [0.2, 0.25) is 0 Å². The number of hydrogen-bond acceptors (Lipinski definition) is 5. The molecule has 0 saturated heterocycles. The molecule has 1 heterocycles. The Bertz CT molecular complexity index is 1360. The second kappa shape index (κ2) is 10.5. The van der Waals surface area contributed by atoms with Crippen molar-refractivity contribution < 1.29 is 14.3 Å². The molecule has 174 valence electrons. The van der Waals surface area contributed by atoms with Crippen molar-refractivity contribution >= 4 is 23.3 Å². The molecule has 3 aromatic carbocycles. The van der Waals surface area contributed by atoms with Gasteiger partial charge in [0.15, 0.2) is 0 Å². The molecule has 0 aliphatic carbocycles. The van der Waals surface area contributed by atoms with Gasteiger partial charge in [0.1, 0.15) is 23.2 Å². The van der Waals surface area contributed by atoms with Gasteiger partial charge in [-0.05, 0) is 43.2 Å². The van der Waals surface area contributed by atoms with Crippen LogP contribution in [-0.2, 0) is 11.2 Å². The number of amides is 2. The smallest absolute Gasteiger partial charge is 0.264 e. The van der Waals surface area contributed by atoms with Gasteiger partial charge in [-0.2, -0.15) is 5.26 Å². The predicted molar refractivity (Wildman–Crippen MR) is 134 cm³/mol. The molecule has 0 radical (unpaired) electrons. The predicted octanol–water partition coefficient (Wildman–Crippen LogP) is 3.79. The lowest BCUT2D eigenvalue weighted by molar-refractivity contribution is -0.117. The van der Waals surface area contributed by atoms with Gasteiger partial charge in [0, 0.05) is 23.2 Å². The second-order valence-electron chi connectivity index (χ2n) is 8.02. The van der Waals surface area contributed by atoms with Crippen molar-refractivity contribution in [2.24, 2.45) is 4.99 Å². The van der Waals surface area contributed by atoms with E-state index in [1.54, 1.807) is 37.4 Å².